The van der Waals surface area contributed by atoms with Gasteiger partial charge in [0.1, 0.15) is 16.9 Å². The van der Waals surface area contributed by atoms with Gasteiger partial charge in [0.25, 0.3) is 0 Å². The molecule has 0 radical (unpaired) electrons. The number of nitrogens with zero attached hydrogens (tertiary/aromatic N) is 2. The molecule has 1 rings (SSSR count). The van der Waals surface area contributed by atoms with Crippen molar-refractivity contribution >= 4 is 31.6 Å². The Morgan fingerprint density at radius 3 is 2.33 bits per heavy atom. The Balaban J connectivity index is 3.31. The maximum Gasteiger partial charge on any atom is 0.157 e. The molecule has 1 aromatic heterocycles. The molecular formula is C14H24BrN3O2S. The van der Waals surface area contributed by atoms with Crippen LogP contribution in [0, 0.1) is 5.92 Å². The monoisotopic (exact) mass is 377 g/mol. The highest BCUT2D eigenvalue weighted by Crippen LogP contribution is 2.29. The fourth-order valence-corrected chi connectivity index (χ4v) is 2.74. The highest BCUT2D eigenvalue weighted by molar-refractivity contribution is 9.10. The number of anilines is 1. The number of hydrogen-bond donors (Lipinski definition) is 1. The lowest BCUT2D eigenvalue weighted by Gasteiger charge is -2.16. The third-order valence-electron chi connectivity index (χ3n) is 3.09. The summed E-state index contributed by atoms with van der Waals surface area (Å²) in [4.78, 5) is 8.87. The Bertz CT molecular complexity index is 588. The first-order valence-electron chi connectivity index (χ1n) is 7.15. The summed E-state index contributed by atoms with van der Waals surface area (Å²) < 4.78 is 24.4. The van der Waals surface area contributed by atoms with Crippen LogP contribution in [0.15, 0.2) is 4.47 Å². The van der Waals surface area contributed by atoms with Gasteiger partial charge >= 0.3 is 0 Å². The van der Waals surface area contributed by atoms with Gasteiger partial charge in [-0.3, -0.25) is 0 Å². The Morgan fingerprint density at radius 1 is 1.24 bits per heavy atom. The van der Waals surface area contributed by atoms with Gasteiger partial charge < -0.3 is 5.32 Å². The van der Waals surface area contributed by atoms with Crippen LogP contribution in [0.25, 0.3) is 0 Å². The third kappa shape index (κ3) is 5.21. The molecule has 0 bridgehead atoms. The number of rotatable bonds is 7. The molecule has 21 heavy (non-hydrogen) atoms. The van der Waals surface area contributed by atoms with Gasteiger partial charge in [-0.15, -0.1) is 0 Å². The predicted octanol–water partition coefficient (Wildman–Crippen LogP) is 3.37. The van der Waals surface area contributed by atoms with Gasteiger partial charge in [-0.2, -0.15) is 0 Å². The molecular weight excluding hydrogens is 354 g/mol. The standard InChI is InChI=1S/C14H24BrN3O2S/c1-6-7-16-14-12(15)11(8-9(2)3)17-13(18-14)10(4)21(5,19)20/h9-10H,6-8H2,1-5H3,(H,16,17,18). The summed E-state index contributed by atoms with van der Waals surface area (Å²) in [6, 6.07) is 0. The number of halogens is 1. The smallest absolute Gasteiger partial charge is 0.157 e. The second kappa shape index (κ2) is 7.54. The van der Waals surface area contributed by atoms with E-state index < -0.39 is 15.1 Å². The molecule has 0 aliphatic heterocycles. The molecule has 0 aliphatic carbocycles. The molecule has 0 saturated heterocycles. The number of sulfone groups is 1. The van der Waals surface area contributed by atoms with E-state index in [1.807, 2.05) is 0 Å². The molecule has 1 aromatic rings. The van der Waals surface area contributed by atoms with Crippen molar-refractivity contribution in [3.63, 3.8) is 0 Å². The fourth-order valence-electron chi connectivity index (χ4n) is 1.77. The normalized spacial score (nSPS) is 13.5. The molecule has 0 saturated carbocycles. The summed E-state index contributed by atoms with van der Waals surface area (Å²) in [6.07, 6.45) is 2.95. The number of aromatic nitrogens is 2. The maximum absolute atomic E-state index is 11.8. The number of nitrogens with one attached hydrogen (secondary N) is 1. The molecule has 1 unspecified atom stereocenters. The predicted molar refractivity (Wildman–Crippen MR) is 90.3 cm³/mol. The van der Waals surface area contributed by atoms with Gasteiger partial charge in [-0.25, -0.2) is 18.4 Å². The quantitative estimate of drug-likeness (QED) is 0.788. The lowest BCUT2D eigenvalue weighted by molar-refractivity contribution is 0.587. The molecule has 0 aliphatic rings. The number of hydrogen-bond acceptors (Lipinski definition) is 5. The molecule has 1 heterocycles. The van der Waals surface area contributed by atoms with Crippen LogP contribution in [0.1, 0.15) is 50.9 Å². The van der Waals surface area contributed by atoms with Gasteiger partial charge in [0.05, 0.1) is 10.2 Å². The summed E-state index contributed by atoms with van der Waals surface area (Å²) in [5, 5.41) is 2.52. The highest BCUT2D eigenvalue weighted by atomic mass is 79.9. The van der Waals surface area contributed by atoms with Crippen molar-refractivity contribution in [1.82, 2.24) is 9.97 Å². The molecule has 0 fully saturated rings. The topological polar surface area (TPSA) is 72.0 Å². The first-order valence-corrected chi connectivity index (χ1v) is 9.90. The van der Waals surface area contributed by atoms with E-state index in [1.54, 1.807) is 6.92 Å². The minimum atomic E-state index is -3.22. The van der Waals surface area contributed by atoms with Gasteiger partial charge in [0, 0.05) is 12.8 Å². The molecule has 7 heteroatoms. The summed E-state index contributed by atoms with van der Waals surface area (Å²) in [6.45, 7) is 8.68. The van der Waals surface area contributed by atoms with Gasteiger partial charge in [-0.1, -0.05) is 20.8 Å². The van der Waals surface area contributed by atoms with E-state index >= 15 is 0 Å². The fraction of sp³-hybridized carbons (Fsp3) is 0.714. The Hall–Kier alpha value is -0.690. The van der Waals surface area contributed by atoms with Crippen LogP contribution >= 0.6 is 15.9 Å². The zero-order valence-electron chi connectivity index (χ0n) is 13.3. The van der Waals surface area contributed by atoms with E-state index in [4.69, 9.17) is 0 Å². The van der Waals surface area contributed by atoms with Crippen molar-refractivity contribution in [2.24, 2.45) is 5.92 Å². The van der Waals surface area contributed by atoms with Gasteiger partial charge in [0.2, 0.25) is 0 Å². The summed E-state index contributed by atoms with van der Waals surface area (Å²) in [5.74, 6) is 1.46. The third-order valence-corrected chi connectivity index (χ3v) is 5.42. The van der Waals surface area contributed by atoms with Crippen LogP contribution < -0.4 is 5.32 Å². The maximum atomic E-state index is 11.8. The zero-order valence-corrected chi connectivity index (χ0v) is 15.7. The van der Waals surface area contributed by atoms with Crippen molar-refractivity contribution in [3.8, 4) is 0 Å². The average Bonchev–Trinajstić information content (AvgIpc) is 2.37. The van der Waals surface area contributed by atoms with E-state index in [0.29, 0.717) is 17.6 Å². The van der Waals surface area contributed by atoms with Crippen molar-refractivity contribution in [2.75, 3.05) is 18.1 Å². The summed E-state index contributed by atoms with van der Waals surface area (Å²) in [7, 11) is -3.22. The Labute approximate surface area is 136 Å². The second-order valence-corrected chi connectivity index (χ2v) is 8.85. The van der Waals surface area contributed by atoms with E-state index in [1.165, 1.54) is 6.26 Å². The van der Waals surface area contributed by atoms with Crippen molar-refractivity contribution in [1.29, 1.82) is 0 Å². The lowest BCUT2D eigenvalue weighted by atomic mass is 10.1. The molecule has 1 atom stereocenters. The van der Waals surface area contributed by atoms with Crippen LogP contribution in [0.2, 0.25) is 0 Å². The highest BCUT2D eigenvalue weighted by Gasteiger charge is 2.23. The molecule has 0 amide bonds. The second-order valence-electron chi connectivity index (χ2n) is 5.69. The minimum absolute atomic E-state index is 0.356. The van der Waals surface area contributed by atoms with Crippen LogP contribution in [-0.4, -0.2) is 31.2 Å². The SMILES string of the molecule is CCCNc1nc(C(C)S(C)(=O)=O)nc(CC(C)C)c1Br. The van der Waals surface area contributed by atoms with Crippen LogP contribution in [0.4, 0.5) is 5.82 Å². The summed E-state index contributed by atoms with van der Waals surface area (Å²) >= 11 is 3.54. The van der Waals surface area contributed by atoms with Crippen LogP contribution in [-0.2, 0) is 16.3 Å². The van der Waals surface area contributed by atoms with E-state index in [9.17, 15) is 8.42 Å². The molecule has 120 valence electrons. The molecule has 1 N–H and O–H groups in total. The summed E-state index contributed by atoms with van der Waals surface area (Å²) in [5.41, 5.74) is 0.851. The van der Waals surface area contributed by atoms with E-state index in [2.05, 4.69) is 52.0 Å². The molecule has 5 nitrogen and oxygen atoms in total. The van der Waals surface area contributed by atoms with Crippen molar-refractivity contribution in [3.05, 3.63) is 16.0 Å². The minimum Gasteiger partial charge on any atom is -0.369 e. The van der Waals surface area contributed by atoms with E-state index in [-0.39, 0.29) is 0 Å². The average molecular weight is 378 g/mol. The zero-order chi connectivity index (χ0) is 16.2. The van der Waals surface area contributed by atoms with Crippen LogP contribution in [0.5, 0.6) is 0 Å². The Morgan fingerprint density at radius 2 is 1.86 bits per heavy atom. The van der Waals surface area contributed by atoms with Gasteiger partial charge in [-0.05, 0) is 41.6 Å². The molecule has 0 aromatic carbocycles. The lowest BCUT2D eigenvalue weighted by Crippen LogP contribution is -2.16. The van der Waals surface area contributed by atoms with Crippen molar-refractivity contribution < 1.29 is 8.42 Å². The van der Waals surface area contributed by atoms with Crippen molar-refractivity contribution in [2.45, 2.75) is 45.8 Å². The Kier molecular flexibility index (Phi) is 6.59. The largest absolute Gasteiger partial charge is 0.369 e. The van der Waals surface area contributed by atoms with Crippen LogP contribution in [0.3, 0.4) is 0 Å². The van der Waals surface area contributed by atoms with Gasteiger partial charge in [0.15, 0.2) is 9.84 Å². The first kappa shape index (κ1) is 18.4. The van der Waals surface area contributed by atoms with E-state index in [0.717, 1.165) is 29.6 Å². The first-order chi connectivity index (χ1) is 9.66. The molecule has 0 spiro atoms.